The number of fused-ring (bicyclic) bond motifs is 1. The molecule has 0 unspecified atom stereocenters. The molecule has 217 valence electrons. The van der Waals surface area contributed by atoms with Crippen LogP contribution < -0.4 is 13.9 Å². The van der Waals surface area contributed by atoms with Gasteiger partial charge in [-0.3, -0.25) is 0 Å². The van der Waals surface area contributed by atoms with Crippen molar-refractivity contribution in [1.82, 2.24) is 0 Å². The molecule has 0 aliphatic carbocycles. The van der Waals surface area contributed by atoms with Crippen LogP contribution in [0.4, 0.5) is 4.79 Å². The van der Waals surface area contributed by atoms with E-state index >= 15 is 0 Å². The fourth-order valence-electron chi connectivity index (χ4n) is 4.84. The second kappa shape index (κ2) is 15.1. The van der Waals surface area contributed by atoms with Crippen molar-refractivity contribution in [2.24, 2.45) is 0 Å². The van der Waals surface area contributed by atoms with Crippen molar-refractivity contribution in [3.63, 3.8) is 0 Å². The number of ether oxygens (including phenoxy) is 3. The van der Waals surface area contributed by atoms with E-state index < -0.39 is 36.2 Å². The Morgan fingerprint density at radius 2 is 1.62 bits per heavy atom. The summed E-state index contributed by atoms with van der Waals surface area (Å²) < 4.78 is 24.5. The Morgan fingerprint density at radius 3 is 2.33 bits per heavy atom. The van der Waals surface area contributed by atoms with Crippen molar-refractivity contribution >= 4 is 33.3 Å². The molecule has 0 amide bonds. The summed E-state index contributed by atoms with van der Waals surface area (Å²) in [7, 11) is -1.30. The first-order chi connectivity index (χ1) is 18.9. The maximum atomic E-state index is 12.7. The molecular formula is C33H45O5SeSi. The van der Waals surface area contributed by atoms with E-state index in [-0.39, 0.29) is 14.9 Å². The van der Waals surface area contributed by atoms with Crippen molar-refractivity contribution in [3.05, 3.63) is 54.1 Å². The number of unbranched alkanes of at least 4 members (excludes halogenated alkanes) is 4. The molecule has 40 heavy (non-hydrogen) atoms. The van der Waals surface area contributed by atoms with Crippen molar-refractivity contribution in [1.29, 1.82) is 0 Å². The van der Waals surface area contributed by atoms with Gasteiger partial charge in [0.2, 0.25) is 6.79 Å². The predicted octanol–water partition coefficient (Wildman–Crippen LogP) is 7.44. The summed E-state index contributed by atoms with van der Waals surface area (Å²) >= 11 is -0.393. The SMILES string of the molecule is C[C@H](OC(=O)[Se]c1ccccc1)[C@@H](C#CCCCCCCc1ccc2c(c1)OCO2)O[Si](C(C)(C)C)C(C)(C)C. The van der Waals surface area contributed by atoms with Gasteiger partial charge in [-0.25, -0.2) is 0 Å². The number of hydrogen-bond acceptors (Lipinski definition) is 5. The van der Waals surface area contributed by atoms with Crippen LogP contribution in [0, 0.1) is 11.8 Å². The summed E-state index contributed by atoms with van der Waals surface area (Å²) in [5, 5.41) is 0.0249. The zero-order chi connectivity index (χ0) is 29.2. The normalized spacial score (nSPS) is 14.4. The second-order valence-electron chi connectivity index (χ2n) is 12.3. The minimum atomic E-state index is -1.30. The van der Waals surface area contributed by atoms with Crippen LogP contribution in [-0.4, -0.2) is 47.9 Å². The van der Waals surface area contributed by atoms with E-state index in [1.807, 2.05) is 43.3 Å². The van der Waals surface area contributed by atoms with Crippen LogP contribution in [0.3, 0.4) is 0 Å². The maximum absolute atomic E-state index is 12.7. The molecule has 0 saturated heterocycles. The van der Waals surface area contributed by atoms with Crippen molar-refractivity contribution in [2.45, 2.75) is 109 Å². The van der Waals surface area contributed by atoms with Gasteiger partial charge in [-0.05, 0) is 17.7 Å². The van der Waals surface area contributed by atoms with Gasteiger partial charge in [-0.1, -0.05) is 6.07 Å². The van der Waals surface area contributed by atoms with Gasteiger partial charge in [0.1, 0.15) is 0 Å². The molecule has 0 spiro atoms. The third-order valence-corrected chi connectivity index (χ3v) is 11.3. The fourth-order valence-corrected chi connectivity index (χ4v) is 9.74. The van der Waals surface area contributed by atoms with Crippen LogP contribution in [0.2, 0.25) is 10.1 Å². The van der Waals surface area contributed by atoms with Crippen LogP contribution in [0.1, 0.15) is 86.1 Å². The standard InChI is InChI=1S/C33H45O5SeSi/c1-25(37-31(34)39-27-18-14-12-15-19-27)28(38-40(32(2,3)4)33(5,6)7)20-16-11-9-8-10-13-17-26-21-22-29-30(23-26)36-24-35-29/h12,14-15,18-19,21-23,25,28H,8-11,13,17,24H2,1-7H3/t25-,28+/m0/s1. The average Bonchev–Trinajstić information content (AvgIpc) is 3.34. The van der Waals surface area contributed by atoms with E-state index in [9.17, 15) is 4.79 Å². The molecule has 0 saturated carbocycles. The first-order valence-corrected chi connectivity index (χ1v) is 17.4. The quantitative estimate of drug-likeness (QED) is 0.139. The first kappa shape index (κ1) is 32.3. The number of carbonyl (C=O) groups is 1. The van der Waals surface area contributed by atoms with Gasteiger partial charge in [-0.15, -0.1) is 0 Å². The molecule has 3 rings (SSSR count). The summed E-state index contributed by atoms with van der Waals surface area (Å²) in [6.45, 7) is 15.6. The minimum absolute atomic E-state index is 0.0124. The number of hydrogen-bond donors (Lipinski definition) is 0. The number of rotatable bonds is 12. The van der Waals surface area contributed by atoms with Crippen molar-refractivity contribution in [3.8, 4) is 23.3 Å². The predicted molar refractivity (Wildman–Crippen MR) is 165 cm³/mol. The van der Waals surface area contributed by atoms with Crippen LogP contribution >= 0.6 is 0 Å². The van der Waals surface area contributed by atoms with E-state index in [0.717, 1.165) is 54.5 Å². The number of aryl methyl sites for hydroxylation is 1. The second-order valence-corrected chi connectivity index (χ2v) is 18.3. The van der Waals surface area contributed by atoms with E-state index in [1.54, 1.807) is 0 Å². The molecule has 1 heterocycles. The van der Waals surface area contributed by atoms with Crippen LogP contribution in [-0.2, 0) is 15.6 Å². The average molecular weight is 629 g/mol. The Kier molecular flexibility index (Phi) is 12.2. The monoisotopic (exact) mass is 629 g/mol. The fraction of sp³-hybridized carbons (Fsp3) is 0.545. The first-order valence-electron chi connectivity index (χ1n) is 14.3. The topological polar surface area (TPSA) is 54.0 Å². The van der Waals surface area contributed by atoms with Crippen molar-refractivity contribution < 1.29 is 23.4 Å². The third-order valence-electron chi connectivity index (χ3n) is 6.46. The Labute approximate surface area is 249 Å². The van der Waals surface area contributed by atoms with Gasteiger partial charge >= 0.3 is 199 Å². The number of benzene rings is 2. The molecule has 0 aromatic heterocycles. The summed E-state index contributed by atoms with van der Waals surface area (Å²) in [4.78, 5) is 12.5. The van der Waals surface area contributed by atoms with Crippen LogP contribution in [0.5, 0.6) is 11.5 Å². The van der Waals surface area contributed by atoms with Crippen molar-refractivity contribution in [2.75, 3.05) is 6.79 Å². The van der Waals surface area contributed by atoms with E-state index in [2.05, 4.69) is 65.5 Å². The van der Waals surface area contributed by atoms with Crippen LogP contribution in [0.15, 0.2) is 48.5 Å². The summed E-state index contributed by atoms with van der Waals surface area (Å²) in [6.07, 6.45) is 5.45. The van der Waals surface area contributed by atoms with Gasteiger partial charge in [0.05, 0.1) is 0 Å². The van der Waals surface area contributed by atoms with Gasteiger partial charge in [0, 0.05) is 0 Å². The summed E-state index contributed by atoms with van der Waals surface area (Å²) in [5.74, 6) is 8.41. The molecule has 1 aliphatic heterocycles. The zero-order valence-electron chi connectivity index (χ0n) is 25.2. The molecule has 1 radical (unpaired) electrons. The van der Waals surface area contributed by atoms with Gasteiger partial charge in [0.25, 0.3) is 0 Å². The van der Waals surface area contributed by atoms with Gasteiger partial charge in [0.15, 0.2) is 11.5 Å². The Morgan fingerprint density at radius 1 is 0.950 bits per heavy atom. The Hall–Kier alpha value is -2.23. The molecule has 0 fully saturated rings. The molecule has 1 aliphatic rings. The molecule has 2 aromatic carbocycles. The Bertz CT molecular complexity index is 1130. The van der Waals surface area contributed by atoms with Gasteiger partial charge in [-0.2, -0.15) is 0 Å². The third kappa shape index (κ3) is 10.6. The summed E-state index contributed by atoms with van der Waals surface area (Å²) in [6, 6.07) is 16.0. The van der Waals surface area contributed by atoms with Crippen LogP contribution in [0.25, 0.3) is 0 Å². The van der Waals surface area contributed by atoms with E-state index in [4.69, 9.17) is 18.6 Å². The van der Waals surface area contributed by atoms with E-state index in [0.29, 0.717) is 6.79 Å². The zero-order valence-corrected chi connectivity index (χ0v) is 27.9. The van der Waals surface area contributed by atoms with E-state index in [1.165, 1.54) is 5.56 Å². The number of carbonyl (C=O) groups excluding carboxylic acids is 1. The molecule has 7 heteroatoms. The van der Waals surface area contributed by atoms with Gasteiger partial charge < -0.3 is 9.47 Å². The molecular weight excluding hydrogens is 583 g/mol. The summed E-state index contributed by atoms with van der Waals surface area (Å²) in [5.41, 5.74) is 1.29. The molecule has 0 N–H and O–H groups in total. The molecule has 5 nitrogen and oxygen atoms in total. The molecule has 2 aromatic rings. The molecule has 2 atom stereocenters. The Balaban J connectivity index is 1.52. The molecule has 0 bridgehead atoms.